The lowest BCUT2D eigenvalue weighted by Gasteiger charge is -2.39. The van der Waals surface area contributed by atoms with Crippen LogP contribution in [0, 0.1) is 0 Å². The first-order valence-electron chi connectivity index (χ1n) is 9.96. The minimum absolute atomic E-state index is 0.213. The molecule has 150 valence electrons. The standard InChI is InChI=1S/C24H20N2O3S/c1-15(26-23(28)17-9-5-6-10-18(17)24(26)29)22(27)25-13-11-20-19(12-14-30-20)21(25)16-7-3-2-4-8-16/h2-10,12,14-15,21H,11,13H2,1H3. The molecule has 2 aliphatic heterocycles. The molecule has 2 atom stereocenters. The van der Waals surface area contributed by atoms with Gasteiger partial charge in [-0.25, -0.2) is 0 Å². The minimum Gasteiger partial charge on any atom is -0.329 e. The van der Waals surface area contributed by atoms with E-state index in [1.54, 1.807) is 42.5 Å². The molecule has 1 aromatic heterocycles. The fourth-order valence-corrected chi connectivity index (χ4v) is 5.36. The summed E-state index contributed by atoms with van der Waals surface area (Å²) in [6, 6.07) is 17.6. The van der Waals surface area contributed by atoms with Crippen molar-refractivity contribution in [3.05, 3.63) is 93.2 Å². The van der Waals surface area contributed by atoms with Crippen molar-refractivity contribution in [1.82, 2.24) is 9.80 Å². The van der Waals surface area contributed by atoms with Crippen LogP contribution in [-0.2, 0) is 11.2 Å². The topological polar surface area (TPSA) is 57.7 Å². The van der Waals surface area contributed by atoms with Gasteiger partial charge < -0.3 is 4.90 Å². The molecule has 0 fully saturated rings. The molecule has 0 radical (unpaired) electrons. The molecule has 2 aromatic carbocycles. The van der Waals surface area contributed by atoms with E-state index in [2.05, 4.69) is 11.4 Å². The SMILES string of the molecule is CC(C(=O)N1CCc2sccc2C1c1ccccc1)N1C(=O)c2ccccc2C1=O. The molecule has 0 bridgehead atoms. The lowest BCUT2D eigenvalue weighted by Crippen LogP contribution is -2.52. The highest BCUT2D eigenvalue weighted by Gasteiger charge is 2.43. The highest BCUT2D eigenvalue weighted by molar-refractivity contribution is 7.10. The first kappa shape index (κ1) is 18.8. The zero-order chi connectivity index (χ0) is 20.8. The molecule has 3 amide bonds. The Bertz CT molecular complexity index is 1120. The number of carbonyl (C=O) groups is 3. The van der Waals surface area contributed by atoms with Crippen LogP contribution in [0.5, 0.6) is 0 Å². The van der Waals surface area contributed by atoms with Gasteiger partial charge in [0.15, 0.2) is 0 Å². The fourth-order valence-electron chi connectivity index (χ4n) is 4.46. The Morgan fingerprint density at radius 2 is 1.60 bits per heavy atom. The minimum atomic E-state index is -0.871. The van der Waals surface area contributed by atoms with Gasteiger partial charge in [-0.2, -0.15) is 0 Å². The average Bonchev–Trinajstić information content (AvgIpc) is 3.36. The van der Waals surface area contributed by atoms with Gasteiger partial charge in [-0.3, -0.25) is 19.3 Å². The second-order valence-corrected chi connectivity index (χ2v) is 8.60. The number of carbonyl (C=O) groups excluding carboxylic acids is 3. The van der Waals surface area contributed by atoms with Gasteiger partial charge in [0.1, 0.15) is 6.04 Å². The number of benzene rings is 2. The highest BCUT2D eigenvalue weighted by atomic mass is 32.1. The van der Waals surface area contributed by atoms with Crippen LogP contribution < -0.4 is 0 Å². The van der Waals surface area contributed by atoms with Crippen LogP contribution in [-0.4, -0.2) is 40.1 Å². The van der Waals surface area contributed by atoms with Crippen LogP contribution in [0.2, 0.25) is 0 Å². The van der Waals surface area contributed by atoms with Gasteiger partial charge in [0.05, 0.1) is 17.2 Å². The van der Waals surface area contributed by atoms with E-state index in [0.717, 1.165) is 22.4 Å². The number of hydrogen-bond donors (Lipinski definition) is 0. The first-order chi connectivity index (χ1) is 14.6. The van der Waals surface area contributed by atoms with Crippen LogP contribution >= 0.6 is 11.3 Å². The molecule has 3 heterocycles. The molecule has 6 heteroatoms. The average molecular weight is 417 g/mol. The summed E-state index contributed by atoms with van der Waals surface area (Å²) in [5.41, 5.74) is 2.88. The van der Waals surface area contributed by atoms with Gasteiger partial charge in [0.2, 0.25) is 5.91 Å². The monoisotopic (exact) mass is 416 g/mol. The van der Waals surface area contributed by atoms with E-state index in [-0.39, 0.29) is 11.9 Å². The number of thiophene rings is 1. The van der Waals surface area contributed by atoms with Crippen molar-refractivity contribution in [1.29, 1.82) is 0 Å². The van der Waals surface area contributed by atoms with Crippen molar-refractivity contribution in [2.24, 2.45) is 0 Å². The lowest BCUT2D eigenvalue weighted by molar-refractivity contribution is -0.137. The predicted molar refractivity (Wildman–Crippen MR) is 114 cm³/mol. The second-order valence-electron chi connectivity index (χ2n) is 7.60. The molecule has 0 aliphatic carbocycles. The Labute approximate surface area is 178 Å². The summed E-state index contributed by atoms with van der Waals surface area (Å²) in [6.07, 6.45) is 0.775. The maximum atomic E-state index is 13.6. The van der Waals surface area contributed by atoms with E-state index in [1.807, 2.05) is 35.2 Å². The number of fused-ring (bicyclic) bond motifs is 2. The molecule has 5 nitrogen and oxygen atoms in total. The summed E-state index contributed by atoms with van der Waals surface area (Å²) >= 11 is 1.71. The van der Waals surface area contributed by atoms with Crippen molar-refractivity contribution in [2.45, 2.75) is 25.4 Å². The maximum absolute atomic E-state index is 13.6. The molecule has 0 spiro atoms. The molecule has 0 saturated heterocycles. The highest BCUT2D eigenvalue weighted by Crippen LogP contribution is 2.38. The quantitative estimate of drug-likeness (QED) is 0.609. The summed E-state index contributed by atoms with van der Waals surface area (Å²) in [6.45, 7) is 2.20. The van der Waals surface area contributed by atoms with Gasteiger partial charge >= 0.3 is 0 Å². The summed E-state index contributed by atoms with van der Waals surface area (Å²) in [5, 5.41) is 2.06. The van der Waals surface area contributed by atoms with Crippen LogP contribution in [0.1, 0.15) is 49.7 Å². The second kappa shape index (κ2) is 7.22. The Morgan fingerprint density at radius 1 is 0.967 bits per heavy atom. The Kier molecular flexibility index (Phi) is 4.51. The lowest BCUT2D eigenvalue weighted by atomic mass is 9.92. The molecule has 0 saturated carbocycles. The maximum Gasteiger partial charge on any atom is 0.262 e. The number of hydrogen-bond acceptors (Lipinski definition) is 4. The van der Waals surface area contributed by atoms with Gasteiger partial charge in [0, 0.05) is 11.4 Å². The smallest absolute Gasteiger partial charge is 0.262 e. The third-order valence-corrected chi connectivity index (χ3v) is 6.93. The predicted octanol–water partition coefficient (Wildman–Crippen LogP) is 3.91. The Hall–Kier alpha value is -3.25. The molecule has 2 unspecified atom stereocenters. The van der Waals surface area contributed by atoms with E-state index in [4.69, 9.17) is 0 Å². The largest absolute Gasteiger partial charge is 0.329 e. The van der Waals surface area contributed by atoms with Crippen LogP contribution in [0.25, 0.3) is 0 Å². The van der Waals surface area contributed by atoms with Crippen LogP contribution in [0.3, 0.4) is 0 Å². The van der Waals surface area contributed by atoms with E-state index >= 15 is 0 Å². The van der Waals surface area contributed by atoms with Gasteiger partial charge in [0.25, 0.3) is 11.8 Å². The molecule has 0 N–H and O–H groups in total. The Balaban J connectivity index is 1.50. The molecule has 2 aliphatic rings. The molecule has 30 heavy (non-hydrogen) atoms. The van der Waals surface area contributed by atoms with Gasteiger partial charge in [-0.05, 0) is 48.1 Å². The zero-order valence-corrected chi connectivity index (χ0v) is 17.3. The van der Waals surface area contributed by atoms with E-state index in [0.29, 0.717) is 17.7 Å². The van der Waals surface area contributed by atoms with Crippen molar-refractivity contribution >= 4 is 29.1 Å². The summed E-state index contributed by atoms with van der Waals surface area (Å²) in [5.74, 6) is -1.02. The summed E-state index contributed by atoms with van der Waals surface area (Å²) < 4.78 is 0. The molecule has 5 rings (SSSR count). The first-order valence-corrected chi connectivity index (χ1v) is 10.8. The van der Waals surface area contributed by atoms with Crippen molar-refractivity contribution in [3.63, 3.8) is 0 Å². The number of amides is 3. The van der Waals surface area contributed by atoms with Gasteiger partial charge in [-0.1, -0.05) is 42.5 Å². The fraction of sp³-hybridized carbons (Fsp3) is 0.208. The van der Waals surface area contributed by atoms with Crippen LogP contribution in [0.15, 0.2) is 66.0 Å². The number of imide groups is 1. The summed E-state index contributed by atoms with van der Waals surface area (Å²) in [7, 11) is 0. The molecule has 3 aromatic rings. The van der Waals surface area contributed by atoms with E-state index in [9.17, 15) is 14.4 Å². The normalized spacial score (nSPS) is 18.9. The molecular weight excluding hydrogens is 396 g/mol. The third kappa shape index (κ3) is 2.79. The van der Waals surface area contributed by atoms with E-state index < -0.39 is 17.9 Å². The van der Waals surface area contributed by atoms with Crippen molar-refractivity contribution in [3.8, 4) is 0 Å². The third-order valence-electron chi connectivity index (χ3n) is 5.93. The van der Waals surface area contributed by atoms with Crippen LogP contribution in [0.4, 0.5) is 0 Å². The van der Waals surface area contributed by atoms with E-state index in [1.165, 1.54) is 4.88 Å². The molecular formula is C24H20N2O3S. The Morgan fingerprint density at radius 3 is 2.27 bits per heavy atom. The summed E-state index contributed by atoms with van der Waals surface area (Å²) in [4.78, 5) is 43.6. The number of rotatable bonds is 3. The van der Waals surface area contributed by atoms with Crippen molar-refractivity contribution in [2.75, 3.05) is 6.54 Å². The zero-order valence-electron chi connectivity index (χ0n) is 16.4. The van der Waals surface area contributed by atoms with Gasteiger partial charge in [-0.15, -0.1) is 11.3 Å². The number of nitrogens with zero attached hydrogens (tertiary/aromatic N) is 2. The van der Waals surface area contributed by atoms with Crippen molar-refractivity contribution < 1.29 is 14.4 Å².